The molecule has 28 heavy (non-hydrogen) atoms. The van der Waals surface area contributed by atoms with Gasteiger partial charge in [-0.25, -0.2) is 0 Å². The van der Waals surface area contributed by atoms with Crippen LogP contribution in [-0.4, -0.2) is 71.3 Å². The summed E-state index contributed by atoms with van der Waals surface area (Å²) >= 11 is 1.56. The number of thioether (sulfide) groups is 1. The van der Waals surface area contributed by atoms with E-state index < -0.39 is 0 Å². The molecule has 0 spiro atoms. The van der Waals surface area contributed by atoms with Crippen molar-refractivity contribution in [2.45, 2.75) is 30.7 Å². The van der Waals surface area contributed by atoms with Gasteiger partial charge in [-0.1, -0.05) is 18.2 Å². The van der Waals surface area contributed by atoms with Crippen molar-refractivity contribution in [3.8, 4) is 0 Å². The Bertz CT molecular complexity index is 839. The number of ether oxygens (including phenoxy) is 1. The van der Waals surface area contributed by atoms with Crippen LogP contribution in [0.15, 0.2) is 35.4 Å². The molecule has 6 nitrogen and oxygen atoms in total. The Kier molecular flexibility index (Phi) is 6.22. The molecule has 0 radical (unpaired) electrons. The normalized spacial score (nSPS) is 17.9. The smallest absolute Gasteiger partial charge is 0.242 e. The van der Waals surface area contributed by atoms with Crippen LogP contribution in [0.2, 0.25) is 0 Å². The predicted molar refractivity (Wildman–Crippen MR) is 110 cm³/mol. The van der Waals surface area contributed by atoms with E-state index in [0.29, 0.717) is 38.6 Å². The molecule has 0 saturated carbocycles. The summed E-state index contributed by atoms with van der Waals surface area (Å²) < 4.78 is 7.36. The zero-order valence-electron chi connectivity index (χ0n) is 16.1. The van der Waals surface area contributed by atoms with Gasteiger partial charge in [-0.05, 0) is 25.3 Å². The van der Waals surface area contributed by atoms with E-state index in [4.69, 9.17) is 4.74 Å². The molecule has 0 aliphatic carbocycles. The third-order valence-corrected chi connectivity index (χ3v) is 6.51. The molecule has 2 amide bonds. The number of fused-ring (bicyclic) bond motifs is 1. The Morgan fingerprint density at radius 1 is 0.929 bits per heavy atom. The van der Waals surface area contributed by atoms with Crippen LogP contribution in [0.1, 0.15) is 19.3 Å². The Balaban J connectivity index is 1.46. The highest BCUT2D eigenvalue weighted by atomic mass is 32.2. The molecule has 0 unspecified atom stereocenters. The van der Waals surface area contributed by atoms with Crippen LogP contribution in [-0.2, 0) is 20.9 Å². The highest BCUT2D eigenvalue weighted by Crippen LogP contribution is 2.30. The maximum Gasteiger partial charge on any atom is 0.242 e. The van der Waals surface area contributed by atoms with E-state index in [1.54, 1.807) is 11.8 Å². The number of hydrogen-bond donors (Lipinski definition) is 0. The molecule has 2 aliphatic heterocycles. The molecule has 0 bridgehead atoms. The lowest BCUT2D eigenvalue weighted by atomic mass is 10.1. The minimum absolute atomic E-state index is 0.148. The second kappa shape index (κ2) is 9.01. The molecule has 2 aliphatic rings. The van der Waals surface area contributed by atoms with Gasteiger partial charge in [0.15, 0.2) is 0 Å². The average Bonchev–Trinajstić information content (AvgIpc) is 3.11. The summed E-state index contributed by atoms with van der Waals surface area (Å²) in [6.45, 7) is 4.68. The van der Waals surface area contributed by atoms with Crippen LogP contribution in [0, 0.1) is 0 Å². The number of carbonyl (C=O) groups excluding carboxylic acids is 2. The summed E-state index contributed by atoms with van der Waals surface area (Å²) in [6.07, 6.45) is 5.45. The number of morpholine rings is 1. The number of rotatable bonds is 5. The third kappa shape index (κ3) is 4.36. The first-order valence-corrected chi connectivity index (χ1v) is 11.0. The minimum Gasteiger partial charge on any atom is -0.378 e. The Hall–Kier alpha value is -1.99. The molecule has 2 fully saturated rings. The first-order chi connectivity index (χ1) is 13.7. The zero-order valence-corrected chi connectivity index (χ0v) is 17.0. The van der Waals surface area contributed by atoms with Crippen molar-refractivity contribution in [1.29, 1.82) is 0 Å². The number of piperidine rings is 1. The van der Waals surface area contributed by atoms with Crippen molar-refractivity contribution in [1.82, 2.24) is 14.4 Å². The highest BCUT2D eigenvalue weighted by Gasteiger charge is 2.20. The van der Waals surface area contributed by atoms with Gasteiger partial charge in [-0.3, -0.25) is 9.59 Å². The second-order valence-electron chi connectivity index (χ2n) is 7.36. The van der Waals surface area contributed by atoms with Crippen molar-refractivity contribution in [3.05, 3.63) is 30.5 Å². The van der Waals surface area contributed by atoms with Crippen molar-refractivity contribution >= 4 is 34.5 Å². The van der Waals surface area contributed by atoms with Crippen molar-refractivity contribution < 1.29 is 14.3 Å². The first-order valence-electron chi connectivity index (χ1n) is 10.1. The van der Waals surface area contributed by atoms with Crippen LogP contribution in [0.4, 0.5) is 0 Å². The molecule has 2 aromatic rings. The van der Waals surface area contributed by atoms with E-state index in [0.717, 1.165) is 41.7 Å². The molecule has 1 aromatic carbocycles. The molecule has 1 aromatic heterocycles. The first kappa shape index (κ1) is 19.3. The van der Waals surface area contributed by atoms with Crippen molar-refractivity contribution in [3.63, 3.8) is 0 Å². The lowest BCUT2D eigenvalue weighted by Gasteiger charge is -2.27. The summed E-state index contributed by atoms with van der Waals surface area (Å²) in [6, 6.07) is 8.12. The number of aromatic nitrogens is 1. The molecule has 0 atom stereocenters. The predicted octanol–water partition coefficient (Wildman–Crippen LogP) is 2.60. The third-order valence-electron chi connectivity index (χ3n) is 5.48. The van der Waals surface area contributed by atoms with Crippen LogP contribution in [0.3, 0.4) is 0 Å². The largest absolute Gasteiger partial charge is 0.378 e. The van der Waals surface area contributed by atoms with Gasteiger partial charge in [0.2, 0.25) is 11.8 Å². The molecule has 4 rings (SSSR count). The topological polar surface area (TPSA) is 54.8 Å². The molecule has 2 saturated heterocycles. The molecular formula is C21H27N3O3S. The molecule has 7 heteroatoms. The fourth-order valence-corrected chi connectivity index (χ4v) is 4.88. The monoisotopic (exact) mass is 401 g/mol. The molecule has 3 heterocycles. The van der Waals surface area contributed by atoms with Crippen molar-refractivity contribution in [2.75, 3.05) is 45.1 Å². The minimum atomic E-state index is 0.148. The van der Waals surface area contributed by atoms with Crippen LogP contribution < -0.4 is 0 Å². The van der Waals surface area contributed by atoms with Crippen LogP contribution in [0.5, 0.6) is 0 Å². The van der Waals surface area contributed by atoms with E-state index in [1.807, 2.05) is 38.8 Å². The van der Waals surface area contributed by atoms with E-state index in [2.05, 4.69) is 6.07 Å². The highest BCUT2D eigenvalue weighted by molar-refractivity contribution is 8.00. The molecule has 150 valence electrons. The number of benzene rings is 1. The Labute approximate surface area is 169 Å². The SMILES string of the molecule is O=C(CSc1cn(CC(=O)N2CCCCC2)c2ccccc12)N1CCOCC1. The number of carbonyl (C=O) groups is 2. The maximum absolute atomic E-state index is 12.7. The lowest BCUT2D eigenvalue weighted by molar-refractivity contribution is -0.133. The standard InChI is InChI=1S/C21H27N3O3S/c25-20(22-8-4-1-5-9-22)15-24-14-19(17-6-2-3-7-18(17)24)28-16-21(26)23-10-12-27-13-11-23/h2-3,6-7,14H,1,4-5,8-13,15-16H2. The molecule has 0 N–H and O–H groups in total. The lowest BCUT2D eigenvalue weighted by Crippen LogP contribution is -2.41. The van der Waals surface area contributed by atoms with Gasteiger partial charge in [-0.2, -0.15) is 0 Å². The number of nitrogens with zero attached hydrogens (tertiary/aromatic N) is 3. The van der Waals surface area contributed by atoms with Crippen LogP contribution in [0.25, 0.3) is 10.9 Å². The summed E-state index contributed by atoms with van der Waals surface area (Å²) in [5, 5.41) is 1.11. The van der Waals surface area contributed by atoms with E-state index in [-0.39, 0.29) is 11.8 Å². The fourth-order valence-electron chi connectivity index (χ4n) is 3.89. The summed E-state index contributed by atoms with van der Waals surface area (Å²) in [5.74, 6) is 0.740. The Morgan fingerprint density at radius 2 is 1.64 bits per heavy atom. The van der Waals surface area contributed by atoms with Gasteiger partial charge in [0.1, 0.15) is 6.54 Å². The number of hydrogen-bond acceptors (Lipinski definition) is 4. The van der Waals surface area contributed by atoms with Crippen LogP contribution >= 0.6 is 11.8 Å². The summed E-state index contributed by atoms with van der Waals surface area (Å²) in [7, 11) is 0. The van der Waals surface area contributed by atoms with E-state index in [9.17, 15) is 9.59 Å². The van der Waals surface area contributed by atoms with Gasteiger partial charge in [-0.15, -0.1) is 11.8 Å². The van der Waals surface area contributed by atoms with Gasteiger partial charge in [0.25, 0.3) is 0 Å². The average molecular weight is 402 g/mol. The van der Waals surface area contributed by atoms with Gasteiger partial charge >= 0.3 is 0 Å². The molecular weight excluding hydrogens is 374 g/mol. The maximum atomic E-state index is 12.7. The van der Waals surface area contributed by atoms with Gasteiger partial charge < -0.3 is 19.1 Å². The quantitative estimate of drug-likeness (QED) is 0.723. The van der Waals surface area contributed by atoms with E-state index in [1.165, 1.54) is 6.42 Å². The van der Waals surface area contributed by atoms with Gasteiger partial charge in [0.05, 0.1) is 19.0 Å². The number of likely N-dealkylation sites (tertiary alicyclic amines) is 1. The number of amides is 2. The number of para-hydroxylation sites is 1. The summed E-state index contributed by atoms with van der Waals surface area (Å²) in [5.41, 5.74) is 1.05. The van der Waals surface area contributed by atoms with E-state index >= 15 is 0 Å². The summed E-state index contributed by atoms with van der Waals surface area (Å²) in [4.78, 5) is 30.1. The van der Waals surface area contributed by atoms with Crippen molar-refractivity contribution in [2.24, 2.45) is 0 Å². The van der Waals surface area contributed by atoms with Gasteiger partial charge in [0, 0.05) is 48.2 Å². The fraction of sp³-hybridized carbons (Fsp3) is 0.524. The zero-order chi connectivity index (χ0) is 19.3. The second-order valence-corrected chi connectivity index (χ2v) is 8.38. The Morgan fingerprint density at radius 3 is 2.43 bits per heavy atom.